The standard InChI is InChI=1S/C25H19N7OS/c1-2-23(33)28-16-7-15(9-26-10-16)19-3-4-20-24(30-19)25(32-31-20)21-8-17-18(14-5-6-34-13-14)11-27-12-22(17)29-21/h3-13,29H,2H2,1H3,(H,28,33)(H,31,32). The van der Waals surface area contributed by atoms with Gasteiger partial charge in [0.05, 0.1) is 40.5 Å². The van der Waals surface area contributed by atoms with Gasteiger partial charge in [0, 0.05) is 35.3 Å². The van der Waals surface area contributed by atoms with Gasteiger partial charge in [-0.3, -0.25) is 19.9 Å². The number of thiophene rings is 1. The maximum atomic E-state index is 11.8. The number of hydrogen-bond acceptors (Lipinski definition) is 6. The topological polar surface area (TPSA) is 112 Å². The number of aromatic nitrogens is 6. The Balaban J connectivity index is 1.43. The second-order valence-corrected chi connectivity index (χ2v) is 8.65. The first-order chi connectivity index (χ1) is 16.7. The highest BCUT2D eigenvalue weighted by atomic mass is 32.1. The predicted molar refractivity (Wildman–Crippen MR) is 134 cm³/mol. The van der Waals surface area contributed by atoms with Crippen LogP contribution in [0.25, 0.3) is 55.7 Å². The maximum Gasteiger partial charge on any atom is 0.224 e. The van der Waals surface area contributed by atoms with Crippen LogP contribution in [0, 0.1) is 0 Å². The Hall–Kier alpha value is -4.37. The van der Waals surface area contributed by atoms with Crippen molar-refractivity contribution < 1.29 is 4.79 Å². The van der Waals surface area contributed by atoms with Crippen LogP contribution in [0.5, 0.6) is 0 Å². The van der Waals surface area contributed by atoms with E-state index in [1.807, 2.05) is 37.5 Å². The summed E-state index contributed by atoms with van der Waals surface area (Å²) < 4.78 is 0. The van der Waals surface area contributed by atoms with Crippen molar-refractivity contribution in [3.8, 4) is 33.8 Å². The largest absolute Gasteiger partial charge is 0.352 e. The molecule has 3 N–H and O–H groups in total. The van der Waals surface area contributed by atoms with Crippen LogP contribution in [0.4, 0.5) is 5.69 Å². The molecule has 6 rings (SSSR count). The van der Waals surface area contributed by atoms with Gasteiger partial charge in [-0.05, 0) is 46.7 Å². The van der Waals surface area contributed by atoms with Crippen LogP contribution in [0.2, 0.25) is 0 Å². The van der Waals surface area contributed by atoms with Crippen molar-refractivity contribution in [1.29, 1.82) is 0 Å². The molecule has 0 aliphatic rings. The lowest BCUT2D eigenvalue weighted by Crippen LogP contribution is -2.09. The number of nitrogens with zero attached hydrogens (tertiary/aromatic N) is 4. The second-order valence-electron chi connectivity index (χ2n) is 7.87. The Kier molecular flexibility index (Phi) is 4.88. The van der Waals surface area contributed by atoms with Crippen molar-refractivity contribution >= 4 is 44.9 Å². The van der Waals surface area contributed by atoms with E-state index in [-0.39, 0.29) is 5.91 Å². The molecule has 0 bridgehead atoms. The van der Waals surface area contributed by atoms with Crippen LogP contribution in [0.1, 0.15) is 13.3 Å². The van der Waals surface area contributed by atoms with Gasteiger partial charge in [-0.25, -0.2) is 4.98 Å². The van der Waals surface area contributed by atoms with Gasteiger partial charge in [0.1, 0.15) is 11.2 Å². The van der Waals surface area contributed by atoms with E-state index in [1.54, 1.807) is 23.7 Å². The van der Waals surface area contributed by atoms with E-state index in [0.717, 1.165) is 55.7 Å². The number of pyridine rings is 3. The molecule has 0 saturated carbocycles. The van der Waals surface area contributed by atoms with Crippen LogP contribution in [-0.4, -0.2) is 36.0 Å². The quantitative estimate of drug-likeness (QED) is 0.305. The van der Waals surface area contributed by atoms with Gasteiger partial charge in [0.25, 0.3) is 0 Å². The number of rotatable bonds is 5. The Morgan fingerprint density at radius 3 is 2.79 bits per heavy atom. The monoisotopic (exact) mass is 465 g/mol. The van der Waals surface area contributed by atoms with Crippen LogP contribution < -0.4 is 5.32 Å². The Morgan fingerprint density at radius 2 is 1.94 bits per heavy atom. The molecule has 0 spiro atoms. The zero-order valence-electron chi connectivity index (χ0n) is 18.2. The van der Waals surface area contributed by atoms with Crippen molar-refractivity contribution in [2.24, 2.45) is 0 Å². The number of carbonyl (C=O) groups is 1. The first-order valence-corrected chi connectivity index (χ1v) is 11.7. The molecule has 0 aliphatic heterocycles. The average molecular weight is 466 g/mol. The van der Waals surface area contributed by atoms with Gasteiger partial charge in [-0.15, -0.1) is 0 Å². The van der Waals surface area contributed by atoms with Crippen molar-refractivity contribution in [2.45, 2.75) is 13.3 Å². The molecule has 6 aromatic rings. The van der Waals surface area contributed by atoms with E-state index < -0.39 is 0 Å². The van der Waals surface area contributed by atoms with Crippen molar-refractivity contribution in [2.75, 3.05) is 5.32 Å². The number of H-pyrrole nitrogens is 2. The van der Waals surface area contributed by atoms with E-state index in [9.17, 15) is 4.79 Å². The summed E-state index contributed by atoms with van der Waals surface area (Å²) >= 11 is 1.66. The fraction of sp³-hybridized carbons (Fsp3) is 0.0800. The number of hydrogen-bond donors (Lipinski definition) is 3. The molecule has 8 nitrogen and oxygen atoms in total. The summed E-state index contributed by atoms with van der Waals surface area (Å²) in [5.74, 6) is -0.0606. The van der Waals surface area contributed by atoms with E-state index in [1.165, 1.54) is 0 Å². The molecular formula is C25H19N7OS. The fourth-order valence-electron chi connectivity index (χ4n) is 3.97. The zero-order chi connectivity index (χ0) is 23.1. The molecule has 0 aromatic carbocycles. The minimum atomic E-state index is -0.0606. The van der Waals surface area contributed by atoms with Crippen LogP contribution in [0.3, 0.4) is 0 Å². The minimum absolute atomic E-state index is 0.0606. The van der Waals surface area contributed by atoms with Gasteiger partial charge >= 0.3 is 0 Å². The lowest BCUT2D eigenvalue weighted by atomic mass is 10.1. The van der Waals surface area contributed by atoms with E-state index in [0.29, 0.717) is 12.1 Å². The highest BCUT2D eigenvalue weighted by Crippen LogP contribution is 2.34. The van der Waals surface area contributed by atoms with E-state index in [2.05, 4.69) is 53.4 Å². The zero-order valence-corrected chi connectivity index (χ0v) is 19.0. The SMILES string of the molecule is CCC(=O)Nc1cncc(-c2ccc3[nH]nc(-c4cc5c(-c6ccsc6)cncc5[nH]4)c3n2)c1. The van der Waals surface area contributed by atoms with E-state index in [4.69, 9.17) is 4.98 Å². The average Bonchev–Trinajstić information content (AvgIpc) is 3.62. The number of carbonyl (C=O) groups excluding carboxylic acids is 1. The summed E-state index contributed by atoms with van der Waals surface area (Å²) in [5, 5.41) is 15.7. The number of amides is 1. The summed E-state index contributed by atoms with van der Waals surface area (Å²) in [6, 6.07) is 9.92. The minimum Gasteiger partial charge on any atom is -0.352 e. The summed E-state index contributed by atoms with van der Waals surface area (Å²) in [7, 11) is 0. The number of nitrogens with one attached hydrogen (secondary N) is 3. The summed E-state index contributed by atoms with van der Waals surface area (Å²) in [5.41, 5.74) is 8.52. The third-order valence-electron chi connectivity index (χ3n) is 5.68. The van der Waals surface area contributed by atoms with Crippen molar-refractivity contribution in [3.05, 3.63) is 65.9 Å². The highest BCUT2D eigenvalue weighted by Gasteiger charge is 2.16. The Bertz CT molecular complexity index is 1650. The van der Waals surface area contributed by atoms with Crippen LogP contribution in [-0.2, 0) is 4.79 Å². The van der Waals surface area contributed by atoms with Crippen molar-refractivity contribution in [3.63, 3.8) is 0 Å². The van der Waals surface area contributed by atoms with Crippen LogP contribution in [0.15, 0.2) is 65.9 Å². The normalized spacial score (nSPS) is 11.3. The molecule has 6 aromatic heterocycles. The molecule has 0 saturated heterocycles. The van der Waals surface area contributed by atoms with Gasteiger partial charge in [-0.1, -0.05) is 6.92 Å². The lowest BCUT2D eigenvalue weighted by molar-refractivity contribution is -0.115. The van der Waals surface area contributed by atoms with E-state index >= 15 is 0 Å². The fourth-order valence-corrected chi connectivity index (χ4v) is 4.63. The molecule has 6 heterocycles. The molecule has 166 valence electrons. The first-order valence-electron chi connectivity index (χ1n) is 10.8. The van der Waals surface area contributed by atoms with Gasteiger partial charge in [0.2, 0.25) is 5.91 Å². The number of aromatic amines is 2. The van der Waals surface area contributed by atoms with Gasteiger partial charge in [-0.2, -0.15) is 16.4 Å². The highest BCUT2D eigenvalue weighted by molar-refractivity contribution is 7.08. The third-order valence-corrected chi connectivity index (χ3v) is 6.36. The predicted octanol–water partition coefficient (Wildman–Crippen LogP) is 5.64. The smallest absolute Gasteiger partial charge is 0.224 e. The second kappa shape index (κ2) is 8.20. The third kappa shape index (κ3) is 3.52. The van der Waals surface area contributed by atoms with Crippen molar-refractivity contribution in [1.82, 2.24) is 30.1 Å². The molecule has 0 atom stereocenters. The molecular weight excluding hydrogens is 446 g/mol. The molecule has 1 amide bonds. The number of anilines is 1. The molecule has 0 radical (unpaired) electrons. The number of fused-ring (bicyclic) bond motifs is 2. The summed E-state index contributed by atoms with van der Waals surface area (Å²) in [6.45, 7) is 1.81. The molecule has 0 unspecified atom stereocenters. The molecule has 0 aliphatic carbocycles. The van der Waals surface area contributed by atoms with Gasteiger partial charge in [0.15, 0.2) is 0 Å². The summed E-state index contributed by atoms with van der Waals surface area (Å²) in [4.78, 5) is 28.8. The molecule has 9 heteroatoms. The van der Waals surface area contributed by atoms with Crippen LogP contribution >= 0.6 is 11.3 Å². The first kappa shape index (κ1) is 20.3. The van der Waals surface area contributed by atoms with Gasteiger partial charge < -0.3 is 10.3 Å². The Morgan fingerprint density at radius 1 is 1.03 bits per heavy atom. The molecule has 34 heavy (non-hydrogen) atoms. The molecule has 0 fully saturated rings. The lowest BCUT2D eigenvalue weighted by Gasteiger charge is -2.06. The Labute approximate surface area is 198 Å². The maximum absolute atomic E-state index is 11.8. The summed E-state index contributed by atoms with van der Waals surface area (Å²) in [6.07, 6.45) is 7.48.